The third kappa shape index (κ3) is 2.37. The second kappa shape index (κ2) is 5.24. The smallest absolute Gasteiger partial charge is 0.245 e. The molecule has 5 nitrogen and oxygen atoms in total. The van der Waals surface area contributed by atoms with Gasteiger partial charge in [0.25, 0.3) is 0 Å². The van der Waals surface area contributed by atoms with Crippen LogP contribution in [0.2, 0.25) is 5.02 Å². The van der Waals surface area contributed by atoms with Crippen molar-refractivity contribution in [3.8, 4) is 0 Å². The van der Waals surface area contributed by atoms with Crippen molar-refractivity contribution in [1.29, 1.82) is 0 Å². The Morgan fingerprint density at radius 1 is 1.50 bits per heavy atom. The Labute approximate surface area is 123 Å². The van der Waals surface area contributed by atoms with Gasteiger partial charge in [-0.1, -0.05) is 11.6 Å². The topological polar surface area (TPSA) is 67.6 Å². The molecule has 1 aromatic rings. The second-order valence-corrected chi connectivity index (χ2v) is 5.75. The number of halogens is 1. The highest BCUT2D eigenvalue weighted by Gasteiger charge is 2.29. The summed E-state index contributed by atoms with van der Waals surface area (Å²) in [5, 5.41) is 3.43. The lowest BCUT2D eigenvalue weighted by atomic mass is 10.1. The summed E-state index contributed by atoms with van der Waals surface area (Å²) >= 11 is 6.38. The molecule has 0 radical (unpaired) electrons. The van der Waals surface area contributed by atoms with Gasteiger partial charge < -0.3 is 20.7 Å². The highest BCUT2D eigenvalue weighted by molar-refractivity contribution is 6.33. The van der Waals surface area contributed by atoms with Crippen LogP contribution in [-0.4, -0.2) is 31.7 Å². The first-order chi connectivity index (χ1) is 9.56. The molecule has 1 aromatic carbocycles. The van der Waals surface area contributed by atoms with Crippen molar-refractivity contribution < 1.29 is 9.53 Å². The van der Waals surface area contributed by atoms with E-state index in [1.165, 1.54) is 0 Å². The van der Waals surface area contributed by atoms with Crippen molar-refractivity contribution in [2.45, 2.75) is 25.5 Å². The molecule has 3 N–H and O–H groups in total. The van der Waals surface area contributed by atoms with Crippen LogP contribution < -0.4 is 16.0 Å². The monoisotopic (exact) mass is 295 g/mol. The van der Waals surface area contributed by atoms with Gasteiger partial charge in [-0.2, -0.15) is 0 Å². The van der Waals surface area contributed by atoms with Crippen LogP contribution >= 0.6 is 11.6 Å². The summed E-state index contributed by atoms with van der Waals surface area (Å²) in [6.07, 6.45) is 1.13. The number of nitrogens with zero attached hydrogens (tertiary/aromatic N) is 1. The molecule has 2 aliphatic heterocycles. The number of rotatable bonds is 1. The molecule has 0 aromatic heterocycles. The van der Waals surface area contributed by atoms with E-state index in [0.29, 0.717) is 5.02 Å². The highest BCUT2D eigenvalue weighted by atomic mass is 35.5. The maximum absolute atomic E-state index is 11.6. The minimum absolute atomic E-state index is 0.165. The average Bonchev–Trinajstić information content (AvgIpc) is 2.59. The number of hydrogen-bond acceptors (Lipinski definition) is 4. The number of carbonyl (C=O) groups is 1. The fourth-order valence-corrected chi connectivity index (χ4v) is 3.04. The summed E-state index contributed by atoms with van der Waals surface area (Å²) in [6, 6.07) is 3.09. The molecule has 0 spiro atoms. The van der Waals surface area contributed by atoms with Crippen molar-refractivity contribution in [1.82, 2.24) is 0 Å². The van der Waals surface area contributed by atoms with Crippen LogP contribution in [0.4, 0.5) is 11.4 Å². The first-order valence-corrected chi connectivity index (χ1v) is 7.20. The molecule has 1 saturated heterocycles. The molecule has 1 amide bonds. The fourth-order valence-electron chi connectivity index (χ4n) is 2.75. The predicted molar refractivity (Wildman–Crippen MR) is 79.3 cm³/mol. The standard InChI is InChI=1S/C14H18ClN3O2/c1-8-7-18(3-2-4-20-8)12-6-11-9(5-10(12)15)13(16)14(19)17-11/h5-6,8,13H,2-4,7,16H2,1H3,(H,17,19). The second-order valence-electron chi connectivity index (χ2n) is 5.34. The molecule has 2 aliphatic rings. The van der Waals surface area contributed by atoms with Gasteiger partial charge in [-0.3, -0.25) is 4.79 Å². The summed E-state index contributed by atoms with van der Waals surface area (Å²) in [6.45, 7) is 4.50. The lowest BCUT2D eigenvalue weighted by Crippen LogP contribution is -2.30. The van der Waals surface area contributed by atoms with Crippen LogP contribution in [0.5, 0.6) is 0 Å². The Kier molecular flexibility index (Phi) is 3.58. The van der Waals surface area contributed by atoms with Crippen molar-refractivity contribution in [3.63, 3.8) is 0 Å². The van der Waals surface area contributed by atoms with E-state index in [4.69, 9.17) is 22.1 Å². The Morgan fingerprint density at radius 3 is 3.10 bits per heavy atom. The SMILES string of the molecule is CC1CN(c2cc3c(cc2Cl)C(N)C(=O)N3)CCCO1. The number of ether oxygens (including phenoxy) is 1. The highest BCUT2D eigenvalue weighted by Crippen LogP contribution is 2.38. The zero-order chi connectivity index (χ0) is 14.3. The quantitative estimate of drug-likeness (QED) is 0.830. The van der Waals surface area contributed by atoms with Crippen molar-refractivity contribution in [3.05, 3.63) is 22.7 Å². The van der Waals surface area contributed by atoms with E-state index in [1.807, 2.05) is 6.07 Å². The summed E-state index contributed by atoms with van der Waals surface area (Å²) in [4.78, 5) is 13.8. The third-order valence-corrected chi connectivity index (χ3v) is 4.09. The zero-order valence-corrected chi connectivity index (χ0v) is 12.1. The first-order valence-electron chi connectivity index (χ1n) is 6.82. The summed E-state index contributed by atoms with van der Waals surface area (Å²) < 4.78 is 5.65. The van der Waals surface area contributed by atoms with Crippen molar-refractivity contribution in [2.24, 2.45) is 5.73 Å². The van der Waals surface area contributed by atoms with Gasteiger partial charge in [0.1, 0.15) is 6.04 Å². The molecule has 1 fully saturated rings. The molecule has 20 heavy (non-hydrogen) atoms. The molecule has 6 heteroatoms. The van der Waals surface area contributed by atoms with Gasteiger partial charge >= 0.3 is 0 Å². The number of nitrogens with one attached hydrogen (secondary N) is 1. The fraction of sp³-hybridized carbons (Fsp3) is 0.500. The van der Waals surface area contributed by atoms with Crippen LogP contribution in [0, 0.1) is 0 Å². The van der Waals surface area contributed by atoms with Crippen LogP contribution in [0.3, 0.4) is 0 Å². The molecular weight excluding hydrogens is 278 g/mol. The molecule has 0 aliphatic carbocycles. The summed E-state index contributed by atoms with van der Waals surface area (Å²) in [5.41, 5.74) is 8.29. The van der Waals surface area contributed by atoms with Crippen LogP contribution in [-0.2, 0) is 9.53 Å². The molecule has 2 atom stereocenters. The van der Waals surface area contributed by atoms with Gasteiger partial charge in [-0.25, -0.2) is 0 Å². The van der Waals surface area contributed by atoms with Gasteiger partial charge in [-0.05, 0) is 25.5 Å². The maximum atomic E-state index is 11.6. The molecule has 0 saturated carbocycles. The van der Waals surface area contributed by atoms with Crippen molar-refractivity contribution >= 4 is 28.9 Å². The Hall–Kier alpha value is -1.30. The summed E-state index contributed by atoms with van der Waals surface area (Å²) in [7, 11) is 0. The largest absolute Gasteiger partial charge is 0.377 e. The molecule has 108 valence electrons. The minimum Gasteiger partial charge on any atom is -0.377 e. The number of carbonyl (C=O) groups excluding carboxylic acids is 1. The Bertz CT molecular complexity index is 549. The number of fused-ring (bicyclic) bond motifs is 1. The molecule has 2 heterocycles. The average molecular weight is 296 g/mol. The van der Waals surface area contributed by atoms with Gasteiger partial charge in [-0.15, -0.1) is 0 Å². The molecular formula is C14H18ClN3O2. The number of nitrogens with two attached hydrogens (primary N) is 1. The normalized spacial score (nSPS) is 26.1. The van der Waals surface area contributed by atoms with Crippen LogP contribution in [0.15, 0.2) is 12.1 Å². The van der Waals surface area contributed by atoms with Gasteiger partial charge in [0.2, 0.25) is 5.91 Å². The number of amides is 1. The van der Waals surface area contributed by atoms with E-state index in [1.54, 1.807) is 6.07 Å². The summed E-state index contributed by atoms with van der Waals surface area (Å²) in [5.74, 6) is -0.180. The van der Waals surface area contributed by atoms with Crippen molar-refractivity contribution in [2.75, 3.05) is 29.9 Å². The first kappa shape index (κ1) is 13.7. The number of benzene rings is 1. The zero-order valence-electron chi connectivity index (χ0n) is 11.4. The lowest BCUT2D eigenvalue weighted by Gasteiger charge is -2.26. The molecule has 0 bridgehead atoms. The Balaban J connectivity index is 1.95. The Morgan fingerprint density at radius 2 is 2.30 bits per heavy atom. The van der Waals surface area contributed by atoms with Crippen LogP contribution in [0.25, 0.3) is 0 Å². The van der Waals surface area contributed by atoms with Gasteiger partial charge in [0.05, 0.1) is 16.8 Å². The van der Waals surface area contributed by atoms with E-state index in [9.17, 15) is 4.79 Å². The number of anilines is 2. The number of hydrogen-bond donors (Lipinski definition) is 2. The molecule has 3 rings (SSSR count). The lowest BCUT2D eigenvalue weighted by molar-refractivity contribution is -0.116. The minimum atomic E-state index is -0.622. The van der Waals surface area contributed by atoms with E-state index in [0.717, 1.165) is 43.1 Å². The van der Waals surface area contributed by atoms with E-state index in [2.05, 4.69) is 17.1 Å². The van der Waals surface area contributed by atoms with E-state index < -0.39 is 6.04 Å². The van der Waals surface area contributed by atoms with Gasteiger partial charge in [0.15, 0.2) is 0 Å². The van der Waals surface area contributed by atoms with E-state index >= 15 is 0 Å². The predicted octanol–water partition coefficient (Wildman–Crippen LogP) is 1.91. The van der Waals surface area contributed by atoms with E-state index in [-0.39, 0.29) is 12.0 Å². The van der Waals surface area contributed by atoms with Gasteiger partial charge in [0, 0.05) is 30.9 Å². The third-order valence-electron chi connectivity index (χ3n) is 3.79. The maximum Gasteiger partial charge on any atom is 0.245 e. The van der Waals surface area contributed by atoms with Crippen LogP contribution in [0.1, 0.15) is 24.9 Å². The molecule has 2 unspecified atom stereocenters.